The Balaban J connectivity index is 1.97. The van der Waals surface area contributed by atoms with Crippen molar-refractivity contribution in [1.29, 1.82) is 0 Å². The van der Waals surface area contributed by atoms with Gasteiger partial charge in [-0.3, -0.25) is 0 Å². The van der Waals surface area contributed by atoms with E-state index in [0.717, 1.165) is 26.2 Å². The van der Waals surface area contributed by atoms with Crippen LogP contribution in [0.15, 0.2) is 24.3 Å². The Morgan fingerprint density at radius 3 is 2.48 bits per heavy atom. The molecule has 3 heteroatoms. The molecule has 3 nitrogen and oxygen atoms in total. The highest BCUT2D eigenvalue weighted by Crippen LogP contribution is 2.23. The van der Waals surface area contributed by atoms with E-state index in [9.17, 15) is 0 Å². The third-order valence-electron chi connectivity index (χ3n) is 4.45. The van der Waals surface area contributed by atoms with E-state index in [1.54, 1.807) is 0 Å². The van der Waals surface area contributed by atoms with Crippen LogP contribution in [0.1, 0.15) is 40.0 Å². The smallest absolute Gasteiger partial charge is 0.0368 e. The molecule has 1 saturated heterocycles. The van der Waals surface area contributed by atoms with Crippen molar-refractivity contribution < 1.29 is 0 Å². The summed E-state index contributed by atoms with van der Waals surface area (Å²) in [5, 5.41) is 3.67. The molecule has 1 aromatic rings. The van der Waals surface area contributed by atoms with Crippen molar-refractivity contribution >= 4 is 11.4 Å². The zero-order chi connectivity index (χ0) is 15.1. The number of hydrogen-bond acceptors (Lipinski definition) is 3. The first-order valence-corrected chi connectivity index (χ1v) is 8.61. The Hall–Kier alpha value is -1.22. The molecule has 1 aromatic carbocycles. The molecule has 1 aliphatic rings. The normalized spacial score (nSPS) is 18.8. The van der Waals surface area contributed by atoms with Gasteiger partial charge in [0.15, 0.2) is 0 Å². The quantitative estimate of drug-likeness (QED) is 0.829. The molecule has 0 aliphatic carbocycles. The van der Waals surface area contributed by atoms with E-state index in [-0.39, 0.29) is 0 Å². The average molecular weight is 289 g/mol. The molecule has 1 fully saturated rings. The highest BCUT2D eigenvalue weighted by atomic mass is 15.2. The maximum absolute atomic E-state index is 3.67. The second-order valence-electron chi connectivity index (χ2n) is 5.93. The van der Waals surface area contributed by atoms with Crippen molar-refractivity contribution in [3.05, 3.63) is 24.3 Å². The Bertz CT molecular complexity index is 397. The first-order valence-electron chi connectivity index (χ1n) is 8.61. The summed E-state index contributed by atoms with van der Waals surface area (Å²) < 4.78 is 0. The van der Waals surface area contributed by atoms with Crippen LogP contribution in [-0.2, 0) is 0 Å². The van der Waals surface area contributed by atoms with E-state index in [1.165, 1.54) is 37.2 Å². The predicted molar refractivity (Wildman–Crippen MR) is 93.5 cm³/mol. The van der Waals surface area contributed by atoms with Crippen LogP contribution in [-0.4, -0.2) is 38.8 Å². The second kappa shape index (κ2) is 8.28. The number of nitrogens with zero attached hydrogens (tertiary/aromatic N) is 2. The molecule has 1 unspecified atom stereocenters. The molecule has 21 heavy (non-hydrogen) atoms. The number of benzene rings is 1. The molecule has 0 radical (unpaired) electrons. The van der Waals surface area contributed by atoms with Crippen LogP contribution in [0.25, 0.3) is 0 Å². The zero-order valence-electron chi connectivity index (χ0n) is 13.9. The second-order valence-corrected chi connectivity index (χ2v) is 5.93. The van der Waals surface area contributed by atoms with Crippen molar-refractivity contribution in [2.75, 3.05) is 42.5 Å². The van der Waals surface area contributed by atoms with Gasteiger partial charge in [-0.2, -0.15) is 0 Å². The third kappa shape index (κ3) is 4.37. The molecule has 1 atom stereocenters. The average Bonchev–Trinajstić information content (AvgIpc) is 2.55. The lowest BCUT2D eigenvalue weighted by Crippen LogP contribution is -2.46. The minimum atomic E-state index is 0.654. The van der Waals surface area contributed by atoms with Crippen LogP contribution in [0.2, 0.25) is 0 Å². The predicted octanol–water partition coefficient (Wildman–Crippen LogP) is 3.50. The molecule has 1 heterocycles. The van der Waals surface area contributed by atoms with Gasteiger partial charge in [-0.05, 0) is 63.9 Å². The first kappa shape index (κ1) is 16.2. The summed E-state index contributed by atoms with van der Waals surface area (Å²) in [7, 11) is 0. The van der Waals surface area contributed by atoms with E-state index < -0.39 is 0 Å². The number of rotatable bonds is 7. The van der Waals surface area contributed by atoms with Crippen LogP contribution in [0.4, 0.5) is 11.4 Å². The summed E-state index contributed by atoms with van der Waals surface area (Å²) in [6.45, 7) is 12.3. The van der Waals surface area contributed by atoms with E-state index >= 15 is 0 Å². The van der Waals surface area contributed by atoms with Crippen molar-refractivity contribution in [3.8, 4) is 0 Å². The summed E-state index contributed by atoms with van der Waals surface area (Å²) in [5.41, 5.74) is 2.70. The van der Waals surface area contributed by atoms with E-state index in [0.29, 0.717) is 6.04 Å². The Kier molecular flexibility index (Phi) is 6.37. The number of hydrogen-bond donors (Lipinski definition) is 1. The maximum atomic E-state index is 3.67. The van der Waals surface area contributed by atoms with Crippen LogP contribution < -0.4 is 15.1 Å². The molecule has 0 saturated carbocycles. The lowest BCUT2D eigenvalue weighted by Gasteiger charge is -2.35. The zero-order valence-corrected chi connectivity index (χ0v) is 13.9. The van der Waals surface area contributed by atoms with Gasteiger partial charge in [-0.1, -0.05) is 6.92 Å². The first-order chi connectivity index (χ1) is 10.3. The van der Waals surface area contributed by atoms with Crippen molar-refractivity contribution in [2.45, 2.75) is 46.1 Å². The monoisotopic (exact) mass is 289 g/mol. The van der Waals surface area contributed by atoms with E-state index in [4.69, 9.17) is 0 Å². The lowest BCUT2D eigenvalue weighted by atomic mass is 10.0. The largest absolute Gasteiger partial charge is 0.372 e. The van der Waals surface area contributed by atoms with Crippen LogP contribution in [0, 0.1) is 0 Å². The fourth-order valence-corrected chi connectivity index (χ4v) is 3.19. The third-order valence-corrected chi connectivity index (χ3v) is 4.45. The van der Waals surface area contributed by atoms with Gasteiger partial charge < -0.3 is 15.1 Å². The van der Waals surface area contributed by atoms with E-state index in [1.807, 2.05) is 0 Å². The molecule has 0 aromatic heterocycles. The number of piperidine rings is 1. The topological polar surface area (TPSA) is 18.5 Å². The standard InChI is InChI=1S/C18H31N3/c1-4-13-19-16-8-7-14-21(15-16)18-11-9-17(10-12-18)20(5-2)6-3/h9-12,16,19H,4-8,13-15H2,1-3H3. The molecule has 118 valence electrons. The minimum absolute atomic E-state index is 0.654. The van der Waals surface area contributed by atoms with Gasteiger partial charge in [-0.25, -0.2) is 0 Å². The fourth-order valence-electron chi connectivity index (χ4n) is 3.19. The summed E-state index contributed by atoms with van der Waals surface area (Å²) in [5.74, 6) is 0. The molecule has 2 rings (SSSR count). The maximum Gasteiger partial charge on any atom is 0.0368 e. The van der Waals surface area contributed by atoms with E-state index in [2.05, 4.69) is 60.2 Å². The highest BCUT2D eigenvalue weighted by Gasteiger charge is 2.19. The molecule has 0 bridgehead atoms. The molecule has 1 N–H and O–H groups in total. The molecule has 1 aliphatic heterocycles. The van der Waals surface area contributed by atoms with Crippen molar-refractivity contribution in [3.63, 3.8) is 0 Å². The SMILES string of the molecule is CCCNC1CCCN(c2ccc(N(CC)CC)cc2)C1. The molecule has 0 amide bonds. The summed E-state index contributed by atoms with van der Waals surface area (Å²) in [4.78, 5) is 4.93. The summed E-state index contributed by atoms with van der Waals surface area (Å²) in [6.07, 6.45) is 3.82. The highest BCUT2D eigenvalue weighted by molar-refractivity contribution is 5.56. The van der Waals surface area contributed by atoms with Gasteiger partial charge in [-0.15, -0.1) is 0 Å². The van der Waals surface area contributed by atoms with Crippen molar-refractivity contribution in [1.82, 2.24) is 5.32 Å². The Morgan fingerprint density at radius 2 is 1.86 bits per heavy atom. The molecular weight excluding hydrogens is 258 g/mol. The number of nitrogens with one attached hydrogen (secondary N) is 1. The number of anilines is 2. The van der Waals surface area contributed by atoms with Gasteiger partial charge in [0, 0.05) is 43.6 Å². The molecular formula is C18H31N3. The van der Waals surface area contributed by atoms with Gasteiger partial charge in [0.1, 0.15) is 0 Å². The Labute approximate surface area is 130 Å². The van der Waals surface area contributed by atoms with Gasteiger partial charge in [0.2, 0.25) is 0 Å². The van der Waals surface area contributed by atoms with Gasteiger partial charge in [0.05, 0.1) is 0 Å². The summed E-state index contributed by atoms with van der Waals surface area (Å²) in [6, 6.07) is 9.77. The minimum Gasteiger partial charge on any atom is -0.372 e. The van der Waals surface area contributed by atoms with Crippen LogP contribution in [0.5, 0.6) is 0 Å². The van der Waals surface area contributed by atoms with Crippen LogP contribution >= 0.6 is 0 Å². The van der Waals surface area contributed by atoms with Gasteiger partial charge in [0.25, 0.3) is 0 Å². The van der Waals surface area contributed by atoms with Crippen LogP contribution in [0.3, 0.4) is 0 Å². The molecule has 0 spiro atoms. The van der Waals surface area contributed by atoms with Crippen molar-refractivity contribution in [2.24, 2.45) is 0 Å². The fraction of sp³-hybridized carbons (Fsp3) is 0.667. The summed E-state index contributed by atoms with van der Waals surface area (Å²) >= 11 is 0. The Morgan fingerprint density at radius 1 is 1.14 bits per heavy atom. The van der Waals surface area contributed by atoms with Gasteiger partial charge >= 0.3 is 0 Å². The lowest BCUT2D eigenvalue weighted by molar-refractivity contribution is 0.423.